The van der Waals surface area contributed by atoms with Gasteiger partial charge in [-0.3, -0.25) is 0 Å². The highest BCUT2D eigenvalue weighted by Crippen LogP contribution is 2.42. The van der Waals surface area contributed by atoms with Crippen molar-refractivity contribution in [2.75, 3.05) is 14.1 Å². The minimum atomic E-state index is -4.43. The first kappa shape index (κ1) is 18.0. The van der Waals surface area contributed by atoms with E-state index < -0.39 is 26.4 Å². The molecule has 20 heavy (non-hydrogen) atoms. The fourth-order valence-electron chi connectivity index (χ4n) is 1.32. The molecule has 114 valence electrons. The lowest BCUT2D eigenvalue weighted by molar-refractivity contribution is 0.405. The van der Waals surface area contributed by atoms with Gasteiger partial charge in [0.05, 0.1) is 3.71 Å². The van der Waals surface area contributed by atoms with Crippen LogP contribution in [0.25, 0.3) is 0 Å². The molecule has 10 heteroatoms. The zero-order valence-electron chi connectivity index (χ0n) is 10.9. The van der Waals surface area contributed by atoms with E-state index in [1.165, 1.54) is 12.1 Å². The first-order valence-electron chi connectivity index (χ1n) is 5.27. The largest absolute Gasteiger partial charge is 0.560 e. The Morgan fingerprint density at radius 1 is 1.25 bits per heavy atom. The highest BCUT2D eigenvalue weighted by molar-refractivity contribution is 8.00. The number of nitrogens with zero attached hydrogens (tertiary/aromatic N) is 2. The van der Waals surface area contributed by atoms with Gasteiger partial charge in [-0.05, 0) is 6.92 Å². The summed E-state index contributed by atoms with van der Waals surface area (Å²) in [6.07, 6.45) is 0. The molecule has 0 fully saturated rings. The predicted molar refractivity (Wildman–Crippen MR) is 78.3 cm³/mol. The summed E-state index contributed by atoms with van der Waals surface area (Å²) < 4.78 is 46.7. The molecule has 0 bridgehead atoms. The van der Waals surface area contributed by atoms with Gasteiger partial charge in [0.1, 0.15) is 0 Å². The van der Waals surface area contributed by atoms with Crippen molar-refractivity contribution < 1.29 is 16.9 Å². The first-order chi connectivity index (χ1) is 9.01. The average molecular weight is 363 g/mol. The van der Waals surface area contributed by atoms with Crippen LogP contribution in [-0.2, 0) is 26.4 Å². The van der Waals surface area contributed by atoms with Crippen LogP contribution in [0.5, 0.6) is 0 Å². The molecule has 0 aliphatic heterocycles. The molecule has 0 aliphatic rings. The van der Waals surface area contributed by atoms with Crippen molar-refractivity contribution in [3.8, 4) is 0 Å². The highest BCUT2D eigenvalue weighted by Gasteiger charge is 2.53. The van der Waals surface area contributed by atoms with Crippen LogP contribution in [-0.4, -0.2) is 35.1 Å². The molecule has 0 aliphatic carbocycles. The van der Waals surface area contributed by atoms with E-state index in [1.54, 1.807) is 19.1 Å². The van der Waals surface area contributed by atoms with Crippen LogP contribution in [0, 0.1) is 6.92 Å². The van der Waals surface area contributed by atoms with Crippen LogP contribution in [0.3, 0.4) is 0 Å². The Morgan fingerprint density at radius 3 is 2.05 bits per heavy atom. The van der Waals surface area contributed by atoms with Gasteiger partial charge in [0.25, 0.3) is 16.2 Å². The number of benzene rings is 1. The molecule has 0 spiro atoms. The molecule has 0 N–H and O–H groups in total. The van der Waals surface area contributed by atoms with E-state index in [1.807, 2.05) is 0 Å². The minimum absolute atomic E-state index is 0.0860. The van der Waals surface area contributed by atoms with Crippen LogP contribution >= 0.6 is 23.2 Å². The van der Waals surface area contributed by atoms with Crippen molar-refractivity contribution in [1.29, 1.82) is 0 Å². The minimum Gasteiger partial charge on any atom is -0.560 e. The Kier molecular flexibility index (Phi) is 5.70. The molecule has 1 rings (SSSR count). The van der Waals surface area contributed by atoms with Crippen LogP contribution in [0.1, 0.15) is 11.1 Å². The van der Waals surface area contributed by atoms with Crippen molar-refractivity contribution in [2.45, 2.75) is 11.4 Å². The van der Waals surface area contributed by atoms with Gasteiger partial charge in [-0.15, -0.1) is 0 Å². The summed E-state index contributed by atoms with van der Waals surface area (Å²) in [5, 5.41) is 0. The Bertz CT molecular complexity index is 564. The maximum Gasteiger partial charge on any atom is 0.327 e. The summed E-state index contributed by atoms with van der Waals surface area (Å²) in [7, 11) is -2.13. The van der Waals surface area contributed by atoms with Gasteiger partial charge in [-0.25, -0.2) is 0 Å². The van der Waals surface area contributed by atoms with E-state index in [9.17, 15) is 16.9 Å². The van der Waals surface area contributed by atoms with E-state index in [-0.39, 0.29) is 9.27 Å². The Balaban J connectivity index is 3.37. The lowest BCUT2D eigenvalue weighted by Crippen LogP contribution is -2.49. The van der Waals surface area contributed by atoms with E-state index in [0.717, 1.165) is 19.7 Å². The predicted octanol–water partition coefficient (Wildman–Crippen LogP) is 2.24. The maximum atomic E-state index is 13.3. The fourth-order valence-corrected chi connectivity index (χ4v) is 4.39. The summed E-state index contributed by atoms with van der Waals surface area (Å²) in [6.45, 7) is 1.80. The number of rotatable bonds is 5. The van der Waals surface area contributed by atoms with Crippen LogP contribution in [0.2, 0.25) is 0 Å². The van der Waals surface area contributed by atoms with Gasteiger partial charge in [-0.2, -0.15) is 12.7 Å². The summed E-state index contributed by atoms with van der Waals surface area (Å²) in [4.78, 5) is 0. The molecule has 0 amide bonds. The van der Waals surface area contributed by atoms with Crippen LogP contribution in [0.15, 0.2) is 24.3 Å². The molecule has 1 unspecified atom stereocenters. The molecule has 1 aromatic carbocycles. The molecule has 0 aromatic heterocycles. The van der Waals surface area contributed by atoms with Crippen LogP contribution < -0.4 is 0 Å². The molecule has 0 saturated carbocycles. The Hall–Kier alpha value is -0.0900. The number of hydrogen-bond donors (Lipinski definition) is 0. The van der Waals surface area contributed by atoms with Gasteiger partial charge in [0, 0.05) is 23.5 Å². The number of hydrogen-bond acceptors (Lipinski definition) is 3. The van der Waals surface area contributed by atoms with Crippen molar-refractivity contribution >= 4 is 45.2 Å². The molecular weight excluding hydrogens is 350 g/mol. The monoisotopic (exact) mass is 362 g/mol. The molecule has 0 heterocycles. The van der Waals surface area contributed by atoms with E-state index in [4.69, 9.17) is 23.2 Å². The van der Waals surface area contributed by atoms with Gasteiger partial charge in [-0.1, -0.05) is 53.0 Å². The van der Waals surface area contributed by atoms with E-state index in [0.29, 0.717) is 4.31 Å². The molecule has 1 aromatic rings. The van der Waals surface area contributed by atoms with Gasteiger partial charge in [0.15, 0.2) is 0 Å². The topological polar surface area (TPSA) is 63.7 Å². The quantitative estimate of drug-likeness (QED) is 0.458. The third-order valence-electron chi connectivity index (χ3n) is 2.43. The molecular formula is C10H13Cl2FN2O3S2. The van der Waals surface area contributed by atoms with E-state index in [2.05, 4.69) is 0 Å². The summed E-state index contributed by atoms with van der Waals surface area (Å²) in [5.74, 6) is 0. The Labute approximate surface area is 131 Å². The normalized spacial score (nSPS) is 14.8. The van der Waals surface area contributed by atoms with Crippen molar-refractivity contribution in [3.05, 3.63) is 35.4 Å². The van der Waals surface area contributed by atoms with Gasteiger partial charge in [0.2, 0.25) is 0 Å². The van der Waals surface area contributed by atoms with Crippen LogP contribution in [0.4, 0.5) is 3.89 Å². The second-order valence-electron chi connectivity index (χ2n) is 4.13. The van der Waals surface area contributed by atoms with Gasteiger partial charge >= 0.3 is 10.2 Å². The highest BCUT2D eigenvalue weighted by atomic mass is 35.5. The smallest absolute Gasteiger partial charge is 0.327 e. The number of aryl methyl sites for hydroxylation is 1. The molecule has 0 radical (unpaired) electrons. The lowest BCUT2D eigenvalue weighted by atomic mass is 10.1. The van der Waals surface area contributed by atoms with Crippen molar-refractivity contribution in [1.82, 2.24) is 8.02 Å². The maximum absolute atomic E-state index is 13.3. The second kappa shape index (κ2) is 6.35. The third kappa shape index (κ3) is 3.56. The first-order valence-corrected chi connectivity index (χ1v) is 8.43. The third-order valence-corrected chi connectivity index (χ3v) is 6.67. The van der Waals surface area contributed by atoms with Gasteiger partial charge < -0.3 is 4.55 Å². The lowest BCUT2D eigenvalue weighted by Gasteiger charge is -2.29. The second-order valence-corrected chi connectivity index (χ2v) is 8.42. The molecule has 5 nitrogen and oxygen atoms in total. The summed E-state index contributed by atoms with van der Waals surface area (Å²) in [6, 6.07) is 6.10. The fraction of sp³-hybridized carbons (Fsp3) is 0.400. The van der Waals surface area contributed by atoms with Crippen molar-refractivity contribution in [3.63, 3.8) is 0 Å². The summed E-state index contributed by atoms with van der Waals surface area (Å²) in [5.41, 5.74) is 0.962. The SMILES string of the molecule is Cc1ccc(C(Cl)(Cl)N([S+]([O-])F)S(=O)(=O)N(C)C)cc1. The zero-order chi connectivity index (χ0) is 15.7. The Morgan fingerprint density at radius 2 is 1.70 bits per heavy atom. The molecule has 0 saturated heterocycles. The van der Waals surface area contributed by atoms with E-state index >= 15 is 0 Å². The standard InChI is InChI=1S/C10H13Cl2FN2O3S2/c1-8-4-6-9(7-5-8)10(11,12)15(19(13)16)20(17,18)14(2)3/h4-7H,1-3H3. The average Bonchev–Trinajstić information content (AvgIpc) is 2.27. The zero-order valence-corrected chi connectivity index (χ0v) is 14.0. The number of alkyl halides is 2. The number of halogens is 3. The summed E-state index contributed by atoms with van der Waals surface area (Å²) >= 11 is 8.48. The molecule has 1 atom stereocenters. The van der Waals surface area contributed by atoms with Crippen molar-refractivity contribution in [2.24, 2.45) is 0 Å².